The van der Waals surface area contributed by atoms with Gasteiger partial charge in [0.2, 0.25) is 10.0 Å². The summed E-state index contributed by atoms with van der Waals surface area (Å²) in [6.45, 7) is 0.00571. The Balaban J connectivity index is 1.56. The molecule has 0 saturated carbocycles. The molecule has 0 heterocycles. The normalized spacial score (nSPS) is 10.7. The molecule has 2 amide bonds. The van der Waals surface area contributed by atoms with Crippen molar-refractivity contribution >= 4 is 21.8 Å². The minimum Gasteiger partial charge on any atom is -0.267 e. The third kappa shape index (κ3) is 5.76. The number of sulfonamides is 1. The van der Waals surface area contributed by atoms with Gasteiger partial charge < -0.3 is 0 Å². The van der Waals surface area contributed by atoms with Gasteiger partial charge in [-0.3, -0.25) is 20.4 Å². The van der Waals surface area contributed by atoms with E-state index in [-0.39, 0.29) is 17.0 Å². The molecule has 0 radical (unpaired) electrons. The van der Waals surface area contributed by atoms with Gasteiger partial charge in [-0.2, -0.15) is 5.26 Å². The second-order valence-corrected chi connectivity index (χ2v) is 8.20. The molecule has 0 aliphatic heterocycles. The van der Waals surface area contributed by atoms with E-state index in [0.29, 0.717) is 16.7 Å². The quantitative estimate of drug-likeness (QED) is 0.512. The molecule has 31 heavy (non-hydrogen) atoms. The Morgan fingerprint density at radius 1 is 0.806 bits per heavy atom. The maximum atomic E-state index is 12.4. The molecule has 156 valence electrons. The summed E-state index contributed by atoms with van der Waals surface area (Å²) in [4.78, 5) is 24.1. The fraction of sp³-hybridized carbons (Fsp3) is 0.0455. The van der Waals surface area contributed by atoms with Gasteiger partial charge in [-0.15, -0.1) is 0 Å². The number of carbonyl (C=O) groups is 2. The summed E-state index contributed by atoms with van der Waals surface area (Å²) in [6, 6.07) is 22.3. The summed E-state index contributed by atoms with van der Waals surface area (Å²) >= 11 is 0. The Labute approximate surface area is 179 Å². The first kappa shape index (κ1) is 21.7. The maximum absolute atomic E-state index is 12.4. The van der Waals surface area contributed by atoms with Crippen molar-refractivity contribution < 1.29 is 18.0 Å². The van der Waals surface area contributed by atoms with Gasteiger partial charge in [-0.05, 0) is 48.0 Å². The third-order valence-corrected chi connectivity index (χ3v) is 5.68. The van der Waals surface area contributed by atoms with Crippen LogP contribution in [0.15, 0.2) is 83.8 Å². The monoisotopic (exact) mass is 434 g/mol. The van der Waals surface area contributed by atoms with Gasteiger partial charge in [0.15, 0.2) is 0 Å². The number of amides is 2. The van der Waals surface area contributed by atoms with Gasteiger partial charge in [-0.1, -0.05) is 36.4 Å². The lowest BCUT2D eigenvalue weighted by Gasteiger charge is -2.09. The SMILES string of the molecule is N#Cc1cccc(S(=O)(=O)NCc2ccc(C(=O)NNC(=O)c3ccccc3)cc2)c1. The van der Waals surface area contributed by atoms with Crippen LogP contribution in [0, 0.1) is 11.3 Å². The van der Waals surface area contributed by atoms with E-state index < -0.39 is 21.8 Å². The first-order chi connectivity index (χ1) is 14.9. The lowest BCUT2D eigenvalue weighted by atomic mass is 10.1. The third-order valence-electron chi connectivity index (χ3n) is 4.28. The van der Waals surface area contributed by atoms with Crippen molar-refractivity contribution in [1.82, 2.24) is 15.6 Å². The Morgan fingerprint density at radius 3 is 2.03 bits per heavy atom. The average Bonchev–Trinajstić information content (AvgIpc) is 2.82. The van der Waals surface area contributed by atoms with Gasteiger partial charge in [0.05, 0.1) is 16.5 Å². The molecule has 9 heteroatoms. The van der Waals surface area contributed by atoms with E-state index in [1.807, 2.05) is 6.07 Å². The Hall–Kier alpha value is -4.00. The number of benzene rings is 3. The predicted molar refractivity (Wildman–Crippen MR) is 113 cm³/mol. The number of rotatable bonds is 6. The molecule has 8 nitrogen and oxygen atoms in total. The van der Waals surface area contributed by atoms with Crippen molar-refractivity contribution in [1.29, 1.82) is 5.26 Å². The number of hydrogen-bond donors (Lipinski definition) is 3. The fourth-order valence-corrected chi connectivity index (χ4v) is 3.68. The maximum Gasteiger partial charge on any atom is 0.269 e. The highest BCUT2D eigenvalue weighted by Gasteiger charge is 2.14. The zero-order chi connectivity index (χ0) is 22.3. The average molecular weight is 434 g/mol. The Kier molecular flexibility index (Phi) is 6.77. The summed E-state index contributed by atoms with van der Waals surface area (Å²) in [5.74, 6) is -0.954. The highest BCUT2D eigenvalue weighted by molar-refractivity contribution is 7.89. The molecule has 0 aliphatic rings. The molecule has 3 N–H and O–H groups in total. The molecule has 0 unspecified atom stereocenters. The van der Waals surface area contributed by atoms with Crippen molar-refractivity contribution in [3.63, 3.8) is 0 Å². The Morgan fingerprint density at radius 2 is 1.42 bits per heavy atom. The summed E-state index contributed by atoms with van der Waals surface area (Å²) in [7, 11) is -3.79. The molecular formula is C22H18N4O4S. The van der Waals surface area contributed by atoms with Crippen molar-refractivity contribution in [3.05, 3.63) is 101 Å². The molecule has 0 aromatic heterocycles. The van der Waals surface area contributed by atoms with Crippen LogP contribution in [0.25, 0.3) is 0 Å². The van der Waals surface area contributed by atoms with Crippen LogP contribution < -0.4 is 15.6 Å². The number of nitrogens with one attached hydrogen (secondary N) is 3. The summed E-state index contributed by atoms with van der Waals surface area (Å²) in [5, 5.41) is 8.91. The van der Waals surface area contributed by atoms with Crippen LogP contribution >= 0.6 is 0 Å². The predicted octanol–water partition coefficient (Wildman–Crippen LogP) is 2.11. The smallest absolute Gasteiger partial charge is 0.267 e. The van der Waals surface area contributed by atoms with E-state index >= 15 is 0 Å². The lowest BCUT2D eigenvalue weighted by Crippen LogP contribution is -2.41. The van der Waals surface area contributed by atoms with Gasteiger partial charge in [0.1, 0.15) is 0 Å². The first-order valence-corrected chi connectivity index (χ1v) is 10.6. The van der Waals surface area contributed by atoms with Crippen molar-refractivity contribution in [2.45, 2.75) is 11.4 Å². The summed E-state index contributed by atoms with van der Waals surface area (Å²) in [6.07, 6.45) is 0. The Bertz CT molecular complexity index is 1230. The van der Waals surface area contributed by atoms with E-state index in [4.69, 9.17) is 5.26 Å². The van der Waals surface area contributed by atoms with Crippen molar-refractivity contribution in [2.24, 2.45) is 0 Å². The topological polar surface area (TPSA) is 128 Å². The largest absolute Gasteiger partial charge is 0.269 e. The lowest BCUT2D eigenvalue weighted by molar-refractivity contribution is 0.0846. The number of hydrogen-bond acceptors (Lipinski definition) is 5. The van der Waals surface area contributed by atoms with E-state index in [9.17, 15) is 18.0 Å². The molecule has 3 aromatic rings. The van der Waals surface area contributed by atoms with E-state index in [2.05, 4.69) is 15.6 Å². The molecule has 0 spiro atoms. The molecule has 0 saturated heterocycles. The van der Waals surface area contributed by atoms with Crippen LogP contribution in [-0.4, -0.2) is 20.2 Å². The fourth-order valence-electron chi connectivity index (χ4n) is 2.62. The standard InChI is InChI=1S/C22H18N4O4S/c23-14-17-5-4-8-20(13-17)31(29,30)24-15-16-9-11-19(12-10-16)22(28)26-25-21(27)18-6-2-1-3-7-18/h1-13,24H,15H2,(H,25,27)(H,26,28). The number of nitrogens with zero attached hydrogens (tertiary/aromatic N) is 1. The number of nitriles is 1. The van der Waals surface area contributed by atoms with E-state index in [1.54, 1.807) is 42.5 Å². The molecule has 0 atom stereocenters. The van der Waals surface area contributed by atoms with Crippen LogP contribution in [0.1, 0.15) is 31.8 Å². The highest BCUT2D eigenvalue weighted by atomic mass is 32.2. The molecule has 3 rings (SSSR count). The molecular weight excluding hydrogens is 416 g/mol. The van der Waals surface area contributed by atoms with Crippen molar-refractivity contribution in [2.75, 3.05) is 0 Å². The van der Waals surface area contributed by atoms with E-state index in [0.717, 1.165) is 0 Å². The summed E-state index contributed by atoms with van der Waals surface area (Å²) < 4.78 is 27.2. The van der Waals surface area contributed by atoms with Gasteiger partial charge in [0, 0.05) is 17.7 Å². The van der Waals surface area contributed by atoms with Crippen LogP contribution in [-0.2, 0) is 16.6 Å². The van der Waals surface area contributed by atoms with Gasteiger partial charge in [0.25, 0.3) is 11.8 Å². The minimum atomic E-state index is -3.79. The zero-order valence-electron chi connectivity index (χ0n) is 16.2. The molecule has 3 aromatic carbocycles. The van der Waals surface area contributed by atoms with Gasteiger partial charge in [-0.25, -0.2) is 13.1 Å². The summed E-state index contributed by atoms with van der Waals surface area (Å²) in [5.41, 5.74) is 6.24. The van der Waals surface area contributed by atoms with Gasteiger partial charge >= 0.3 is 0 Å². The highest BCUT2D eigenvalue weighted by Crippen LogP contribution is 2.12. The zero-order valence-corrected chi connectivity index (χ0v) is 17.0. The first-order valence-electron chi connectivity index (χ1n) is 9.13. The number of hydrazine groups is 1. The van der Waals surface area contributed by atoms with Crippen LogP contribution in [0.2, 0.25) is 0 Å². The number of carbonyl (C=O) groups excluding carboxylic acids is 2. The minimum absolute atomic E-state index is 0.00305. The molecule has 0 fully saturated rings. The van der Waals surface area contributed by atoms with Crippen LogP contribution in [0.5, 0.6) is 0 Å². The second kappa shape index (κ2) is 9.67. The van der Waals surface area contributed by atoms with Crippen molar-refractivity contribution in [3.8, 4) is 6.07 Å². The van der Waals surface area contributed by atoms with E-state index in [1.165, 1.54) is 36.4 Å². The molecule has 0 aliphatic carbocycles. The second-order valence-electron chi connectivity index (χ2n) is 6.44. The molecule has 0 bridgehead atoms. The van der Waals surface area contributed by atoms with Crippen LogP contribution in [0.3, 0.4) is 0 Å². The van der Waals surface area contributed by atoms with Crippen LogP contribution in [0.4, 0.5) is 0 Å².